The molecule has 4 nitrogen and oxygen atoms in total. The molecule has 2 heterocycles. The summed E-state index contributed by atoms with van der Waals surface area (Å²) in [5, 5.41) is 13.5. The fourth-order valence-electron chi connectivity index (χ4n) is 4.27. The first-order valence-corrected chi connectivity index (χ1v) is 9.83. The second-order valence-electron chi connectivity index (χ2n) is 7.71. The molecule has 3 aromatic rings. The van der Waals surface area contributed by atoms with Crippen LogP contribution in [0.25, 0.3) is 10.9 Å². The fraction of sp³-hybridized carbons (Fsp3) is 0.348. The van der Waals surface area contributed by atoms with E-state index in [9.17, 15) is 9.18 Å². The third kappa shape index (κ3) is 4.46. The predicted octanol–water partition coefficient (Wildman–Crippen LogP) is 4.80. The van der Waals surface area contributed by atoms with Crippen molar-refractivity contribution in [2.75, 3.05) is 13.1 Å². The lowest BCUT2D eigenvalue weighted by Gasteiger charge is -2.24. The van der Waals surface area contributed by atoms with E-state index in [1.807, 2.05) is 18.2 Å². The Morgan fingerprint density at radius 3 is 2.52 bits per heavy atom. The third-order valence-corrected chi connectivity index (χ3v) is 5.90. The number of benzene rings is 2. The van der Waals surface area contributed by atoms with Gasteiger partial charge in [0, 0.05) is 23.1 Å². The smallest absolute Gasteiger partial charge is 0.335 e. The first-order chi connectivity index (χ1) is 13.5. The van der Waals surface area contributed by atoms with Crippen molar-refractivity contribution in [1.82, 2.24) is 9.88 Å². The zero-order chi connectivity index (χ0) is 19.7. The van der Waals surface area contributed by atoms with Crippen molar-refractivity contribution >= 4 is 29.3 Å². The number of halogens is 2. The summed E-state index contributed by atoms with van der Waals surface area (Å²) in [5.41, 5.74) is 4.67. The van der Waals surface area contributed by atoms with E-state index < -0.39 is 5.97 Å². The summed E-state index contributed by atoms with van der Waals surface area (Å²) >= 11 is 0. The van der Waals surface area contributed by atoms with Gasteiger partial charge in [-0.2, -0.15) is 0 Å². The number of carboxylic acid groups (broad SMARTS) is 1. The Kier molecular flexibility index (Phi) is 6.60. The van der Waals surface area contributed by atoms with Gasteiger partial charge >= 0.3 is 5.97 Å². The Balaban J connectivity index is 0.00000240. The molecule has 1 aliphatic rings. The fourth-order valence-corrected chi connectivity index (χ4v) is 4.27. The van der Waals surface area contributed by atoms with E-state index in [1.54, 1.807) is 18.2 Å². The zero-order valence-corrected chi connectivity index (χ0v) is 17.3. The molecule has 1 aromatic heterocycles. The second-order valence-corrected chi connectivity index (χ2v) is 7.71. The quantitative estimate of drug-likeness (QED) is 0.628. The Morgan fingerprint density at radius 1 is 1.17 bits per heavy atom. The maximum Gasteiger partial charge on any atom is 0.335 e. The lowest BCUT2D eigenvalue weighted by Crippen LogP contribution is -2.30. The van der Waals surface area contributed by atoms with Crippen LogP contribution >= 0.6 is 12.4 Å². The van der Waals surface area contributed by atoms with Crippen molar-refractivity contribution in [3.63, 3.8) is 0 Å². The van der Waals surface area contributed by atoms with E-state index in [0.717, 1.165) is 54.5 Å². The molecule has 29 heavy (non-hydrogen) atoms. The van der Waals surface area contributed by atoms with Crippen molar-refractivity contribution in [1.29, 1.82) is 0 Å². The highest BCUT2D eigenvalue weighted by Crippen LogP contribution is 2.31. The highest BCUT2D eigenvalue weighted by atomic mass is 35.5. The molecular formula is C23H26ClFN2O2. The summed E-state index contributed by atoms with van der Waals surface area (Å²) in [6.45, 7) is 5.17. The third-order valence-electron chi connectivity index (χ3n) is 5.90. The second kappa shape index (κ2) is 8.97. The molecule has 0 spiro atoms. The van der Waals surface area contributed by atoms with Crippen LogP contribution in [-0.2, 0) is 13.0 Å². The SMILES string of the molecule is Cc1c(Cc2ccc(C(=O)O)cc2)c2cc(F)ccc2n1CC1CCNCC1.Cl. The normalized spacial score (nSPS) is 14.7. The number of aromatic nitrogens is 1. The van der Waals surface area contributed by atoms with Crippen molar-refractivity contribution in [3.05, 3.63) is 70.7 Å². The molecule has 1 fully saturated rings. The highest BCUT2D eigenvalue weighted by Gasteiger charge is 2.20. The number of carbonyl (C=O) groups is 1. The average molecular weight is 417 g/mol. The maximum absolute atomic E-state index is 14.0. The van der Waals surface area contributed by atoms with Gasteiger partial charge in [-0.05, 0) is 86.7 Å². The van der Waals surface area contributed by atoms with Crippen molar-refractivity contribution in [2.24, 2.45) is 5.92 Å². The molecule has 0 radical (unpaired) electrons. The van der Waals surface area contributed by atoms with E-state index in [2.05, 4.69) is 16.8 Å². The Hall–Kier alpha value is -2.37. The Labute approximate surface area is 176 Å². The lowest BCUT2D eigenvalue weighted by molar-refractivity contribution is 0.0697. The van der Waals surface area contributed by atoms with E-state index >= 15 is 0 Å². The van der Waals surface area contributed by atoms with E-state index in [1.165, 1.54) is 11.8 Å². The van der Waals surface area contributed by atoms with Gasteiger partial charge in [0.15, 0.2) is 0 Å². The largest absolute Gasteiger partial charge is 0.478 e. The minimum atomic E-state index is -0.927. The summed E-state index contributed by atoms with van der Waals surface area (Å²) in [5.74, 6) is -0.527. The number of nitrogens with one attached hydrogen (secondary N) is 1. The first-order valence-electron chi connectivity index (χ1n) is 9.83. The van der Waals surface area contributed by atoms with Crippen LogP contribution in [0.3, 0.4) is 0 Å². The number of aromatic carboxylic acids is 1. The van der Waals surface area contributed by atoms with Gasteiger partial charge in [-0.1, -0.05) is 12.1 Å². The van der Waals surface area contributed by atoms with Crippen LogP contribution in [-0.4, -0.2) is 28.7 Å². The summed E-state index contributed by atoms with van der Waals surface area (Å²) in [7, 11) is 0. The van der Waals surface area contributed by atoms with E-state index in [4.69, 9.17) is 5.11 Å². The van der Waals surface area contributed by atoms with Crippen LogP contribution in [0, 0.1) is 18.7 Å². The molecule has 2 N–H and O–H groups in total. The molecule has 2 aromatic carbocycles. The summed E-state index contributed by atoms with van der Waals surface area (Å²) in [6.07, 6.45) is 2.98. The van der Waals surface area contributed by atoms with Gasteiger partial charge in [-0.3, -0.25) is 0 Å². The molecule has 0 atom stereocenters. The summed E-state index contributed by atoms with van der Waals surface area (Å²) in [4.78, 5) is 11.1. The van der Waals surface area contributed by atoms with Gasteiger partial charge < -0.3 is 15.0 Å². The van der Waals surface area contributed by atoms with Crippen LogP contribution < -0.4 is 5.32 Å². The molecule has 1 saturated heterocycles. The van der Waals surface area contributed by atoms with Crippen molar-refractivity contribution in [3.8, 4) is 0 Å². The standard InChI is InChI=1S/C23H25FN2O2.ClH/c1-15-20(12-16-2-4-18(5-3-16)23(27)28)21-13-19(24)6-7-22(21)26(15)14-17-8-10-25-11-9-17;/h2-7,13,17,25H,8-12,14H2,1H3,(H,27,28);1H. The number of rotatable bonds is 5. The summed E-state index contributed by atoms with van der Waals surface area (Å²) < 4.78 is 16.4. The minimum Gasteiger partial charge on any atom is -0.478 e. The van der Waals surface area contributed by atoms with Gasteiger partial charge in [0.25, 0.3) is 0 Å². The number of nitrogens with zero attached hydrogens (tertiary/aromatic N) is 1. The molecule has 154 valence electrons. The van der Waals surface area contributed by atoms with Gasteiger partial charge in [0.1, 0.15) is 5.82 Å². The zero-order valence-electron chi connectivity index (χ0n) is 16.5. The number of hydrogen-bond donors (Lipinski definition) is 2. The molecule has 0 saturated carbocycles. The Bertz CT molecular complexity index is 1010. The average Bonchev–Trinajstić information content (AvgIpc) is 2.94. The van der Waals surface area contributed by atoms with Crippen LogP contribution in [0.15, 0.2) is 42.5 Å². The number of hydrogen-bond acceptors (Lipinski definition) is 2. The number of piperidine rings is 1. The van der Waals surface area contributed by atoms with Crippen LogP contribution in [0.2, 0.25) is 0 Å². The minimum absolute atomic E-state index is 0. The van der Waals surface area contributed by atoms with Crippen molar-refractivity contribution in [2.45, 2.75) is 32.7 Å². The molecular weight excluding hydrogens is 391 g/mol. The van der Waals surface area contributed by atoms with Crippen molar-refractivity contribution < 1.29 is 14.3 Å². The molecule has 1 aliphatic heterocycles. The number of carboxylic acids is 1. The molecule has 0 bridgehead atoms. The molecule has 4 rings (SSSR count). The van der Waals surface area contributed by atoms with Gasteiger partial charge in [0.05, 0.1) is 5.56 Å². The first kappa shape index (κ1) is 21.3. The highest BCUT2D eigenvalue weighted by molar-refractivity contribution is 5.88. The molecule has 6 heteroatoms. The predicted molar refractivity (Wildman–Crippen MR) is 116 cm³/mol. The van der Waals surface area contributed by atoms with E-state index in [-0.39, 0.29) is 23.8 Å². The van der Waals surface area contributed by atoms with Gasteiger partial charge in [0.2, 0.25) is 0 Å². The lowest BCUT2D eigenvalue weighted by atomic mass is 9.98. The molecule has 0 aliphatic carbocycles. The van der Waals surface area contributed by atoms with Crippen LogP contribution in [0.1, 0.15) is 40.0 Å². The monoisotopic (exact) mass is 416 g/mol. The molecule has 0 unspecified atom stereocenters. The van der Waals surface area contributed by atoms with Gasteiger partial charge in [-0.15, -0.1) is 12.4 Å². The molecule has 0 amide bonds. The Morgan fingerprint density at radius 2 is 1.86 bits per heavy atom. The number of fused-ring (bicyclic) bond motifs is 1. The topological polar surface area (TPSA) is 54.3 Å². The summed E-state index contributed by atoms with van der Waals surface area (Å²) in [6, 6.07) is 12.0. The van der Waals surface area contributed by atoms with Crippen LogP contribution in [0.4, 0.5) is 4.39 Å². The maximum atomic E-state index is 14.0. The van der Waals surface area contributed by atoms with Crippen LogP contribution in [0.5, 0.6) is 0 Å². The van der Waals surface area contributed by atoms with Gasteiger partial charge in [-0.25, -0.2) is 9.18 Å². The van der Waals surface area contributed by atoms with E-state index in [0.29, 0.717) is 12.3 Å².